The molecule has 1 aromatic carbocycles. The summed E-state index contributed by atoms with van der Waals surface area (Å²) in [5.41, 5.74) is 0.708. The third-order valence-electron chi connectivity index (χ3n) is 2.33. The average Bonchev–Trinajstić information content (AvgIpc) is 2.10. The number of benzene rings is 1. The first kappa shape index (κ1) is 11.0. The van der Waals surface area contributed by atoms with Gasteiger partial charge in [-0.25, -0.2) is 0 Å². The molecule has 2 rings (SSSR count). The number of aromatic hydroxyl groups is 1. The maximum atomic E-state index is 9.66. The van der Waals surface area contributed by atoms with E-state index in [1.807, 2.05) is 0 Å². The summed E-state index contributed by atoms with van der Waals surface area (Å²) in [6.45, 7) is 1.98. The summed E-state index contributed by atoms with van der Waals surface area (Å²) in [4.78, 5) is 0. The summed E-state index contributed by atoms with van der Waals surface area (Å²) in [6.07, 6.45) is 0. The molecule has 1 saturated heterocycles. The zero-order valence-electron chi connectivity index (χ0n) is 7.96. The van der Waals surface area contributed by atoms with Gasteiger partial charge in [0.15, 0.2) is 0 Å². The second-order valence-corrected chi connectivity index (χ2v) is 4.35. The fourth-order valence-corrected chi connectivity index (χ4v) is 1.90. The molecule has 0 atom stereocenters. The van der Waals surface area contributed by atoms with Crippen molar-refractivity contribution >= 4 is 23.2 Å². The monoisotopic (exact) mass is 247 g/mol. The quantitative estimate of drug-likeness (QED) is 0.861. The second-order valence-electron chi connectivity index (χ2n) is 3.51. The van der Waals surface area contributed by atoms with Crippen LogP contribution in [0.3, 0.4) is 0 Å². The molecular weight excluding hydrogens is 237 g/mol. The molecule has 1 heterocycles. The van der Waals surface area contributed by atoms with E-state index in [4.69, 9.17) is 27.9 Å². The number of halogens is 2. The molecule has 0 amide bonds. The van der Waals surface area contributed by atoms with Crippen LogP contribution in [-0.2, 0) is 11.3 Å². The number of ether oxygens (including phenoxy) is 1. The first-order valence-corrected chi connectivity index (χ1v) is 5.40. The number of phenolic OH excluding ortho intramolecular Hbond substituents is 1. The molecule has 0 aromatic heterocycles. The summed E-state index contributed by atoms with van der Waals surface area (Å²) >= 11 is 11.6. The van der Waals surface area contributed by atoms with Gasteiger partial charge < -0.3 is 15.2 Å². The minimum absolute atomic E-state index is 0.0915. The van der Waals surface area contributed by atoms with Gasteiger partial charge in [0.25, 0.3) is 0 Å². The van der Waals surface area contributed by atoms with Gasteiger partial charge >= 0.3 is 0 Å². The largest absolute Gasteiger partial charge is 0.506 e. The van der Waals surface area contributed by atoms with Gasteiger partial charge in [0.1, 0.15) is 5.75 Å². The van der Waals surface area contributed by atoms with Crippen LogP contribution in [0.15, 0.2) is 12.1 Å². The molecule has 1 aliphatic rings. The van der Waals surface area contributed by atoms with Gasteiger partial charge in [-0.3, -0.25) is 0 Å². The van der Waals surface area contributed by atoms with Crippen LogP contribution in [0.1, 0.15) is 5.56 Å². The van der Waals surface area contributed by atoms with Crippen molar-refractivity contribution in [1.29, 1.82) is 0 Å². The van der Waals surface area contributed by atoms with Crippen molar-refractivity contribution in [1.82, 2.24) is 5.32 Å². The number of hydrogen-bond acceptors (Lipinski definition) is 3. The predicted molar refractivity (Wildman–Crippen MR) is 59.6 cm³/mol. The van der Waals surface area contributed by atoms with E-state index in [-0.39, 0.29) is 10.8 Å². The Bertz CT molecular complexity index is 367. The summed E-state index contributed by atoms with van der Waals surface area (Å²) in [5.74, 6) is 0.0915. The van der Waals surface area contributed by atoms with E-state index in [1.54, 1.807) is 6.07 Å². The predicted octanol–water partition coefficient (Wildman–Crippen LogP) is 2.19. The van der Waals surface area contributed by atoms with Gasteiger partial charge in [-0.1, -0.05) is 23.2 Å². The minimum Gasteiger partial charge on any atom is -0.506 e. The van der Waals surface area contributed by atoms with Crippen LogP contribution < -0.4 is 5.32 Å². The van der Waals surface area contributed by atoms with Crippen LogP contribution in [0, 0.1) is 0 Å². The summed E-state index contributed by atoms with van der Waals surface area (Å²) in [5, 5.41) is 13.7. The first-order chi connectivity index (χ1) is 7.16. The fourth-order valence-electron chi connectivity index (χ4n) is 1.36. The van der Waals surface area contributed by atoms with Crippen molar-refractivity contribution in [2.75, 3.05) is 13.2 Å². The van der Waals surface area contributed by atoms with Gasteiger partial charge in [0, 0.05) is 17.1 Å². The second kappa shape index (κ2) is 4.58. The number of rotatable bonds is 3. The Hall–Kier alpha value is -0.480. The highest BCUT2D eigenvalue weighted by molar-refractivity contribution is 6.35. The number of nitrogens with one attached hydrogen (secondary N) is 1. The molecular formula is C10H11Cl2NO2. The Kier molecular flexibility index (Phi) is 3.36. The molecule has 3 nitrogen and oxygen atoms in total. The molecule has 2 N–H and O–H groups in total. The smallest absolute Gasteiger partial charge is 0.138 e. The maximum absolute atomic E-state index is 9.66. The topological polar surface area (TPSA) is 41.5 Å². The van der Waals surface area contributed by atoms with E-state index >= 15 is 0 Å². The molecule has 1 aliphatic heterocycles. The van der Waals surface area contributed by atoms with Gasteiger partial charge in [0.2, 0.25) is 0 Å². The minimum atomic E-state index is 0.0915. The molecule has 1 aromatic rings. The number of phenols is 1. The lowest BCUT2D eigenvalue weighted by molar-refractivity contribution is -0.00584. The van der Waals surface area contributed by atoms with Gasteiger partial charge in [0.05, 0.1) is 24.3 Å². The van der Waals surface area contributed by atoms with E-state index in [1.165, 1.54) is 6.07 Å². The van der Waals surface area contributed by atoms with Crippen LogP contribution >= 0.6 is 23.2 Å². The molecule has 82 valence electrons. The molecule has 0 spiro atoms. The third kappa shape index (κ3) is 2.55. The summed E-state index contributed by atoms with van der Waals surface area (Å²) in [7, 11) is 0. The number of hydrogen-bond donors (Lipinski definition) is 2. The Morgan fingerprint density at radius 3 is 2.73 bits per heavy atom. The van der Waals surface area contributed by atoms with Crippen molar-refractivity contribution in [2.24, 2.45) is 0 Å². The molecule has 0 radical (unpaired) electrons. The van der Waals surface area contributed by atoms with E-state index in [2.05, 4.69) is 5.32 Å². The SMILES string of the molecule is Oc1c(Cl)cc(Cl)cc1CNC1COC1. The van der Waals surface area contributed by atoms with E-state index in [0.717, 1.165) is 13.2 Å². The highest BCUT2D eigenvalue weighted by Gasteiger charge is 2.18. The van der Waals surface area contributed by atoms with Crippen LogP contribution in [0.5, 0.6) is 5.75 Å². The normalized spacial score (nSPS) is 16.4. The first-order valence-electron chi connectivity index (χ1n) is 4.65. The standard InChI is InChI=1S/C10H11Cl2NO2/c11-7-1-6(10(14)9(12)2-7)3-13-8-4-15-5-8/h1-2,8,13-14H,3-5H2. The molecule has 0 bridgehead atoms. The Balaban J connectivity index is 2.05. The van der Waals surface area contributed by atoms with Crippen molar-refractivity contribution in [2.45, 2.75) is 12.6 Å². The van der Waals surface area contributed by atoms with Crippen LogP contribution in [0.25, 0.3) is 0 Å². The van der Waals surface area contributed by atoms with Gasteiger partial charge in [-0.05, 0) is 12.1 Å². The zero-order chi connectivity index (χ0) is 10.8. The molecule has 15 heavy (non-hydrogen) atoms. The lowest BCUT2D eigenvalue weighted by atomic mass is 10.1. The van der Waals surface area contributed by atoms with Gasteiger partial charge in [-0.2, -0.15) is 0 Å². The lowest BCUT2D eigenvalue weighted by Crippen LogP contribution is -2.45. The van der Waals surface area contributed by atoms with E-state index < -0.39 is 0 Å². The van der Waals surface area contributed by atoms with Crippen molar-refractivity contribution < 1.29 is 9.84 Å². The average molecular weight is 248 g/mol. The van der Waals surface area contributed by atoms with Crippen molar-refractivity contribution in [3.8, 4) is 5.75 Å². The fraction of sp³-hybridized carbons (Fsp3) is 0.400. The lowest BCUT2D eigenvalue weighted by Gasteiger charge is -2.27. The van der Waals surface area contributed by atoms with Crippen LogP contribution in [-0.4, -0.2) is 24.4 Å². The molecule has 1 fully saturated rings. The van der Waals surface area contributed by atoms with E-state index in [9.17, 15) is 5.11 Å². The van der Waals surface area contributed by atoms with Crippen LogP contribution in [0.2, 0.25) is 10.0 Å². The van der Waals surface area contributed by atoms with E-state index in [0.29, 0.717) is 23.2 Å². The molecule has 0 unspecified atom stereocenters. The molecule has 0 saturated carbocycles. The Morgan fingerprint density at radius 1 is 1.40 bits per heavy atom. The van der Waals surface area contributed by atoms with Crippen LogP contribution in [0.4, 0.5) is 0 Å². The van der Waals surface area contributed by atoms with Crippen molar-refractivity contribution in [3.05, 3.63) is 27.7 Å². The zero-order valence-corrected chi connectivity index (χ0v) is 9.48. The summed E-state index contributed by atoms with van der Waals surface area (Å²) in [6, 6.07) is 3.59. The molecule has 5 heteroatoms. The van der Waals surface area contributed by atoms with Gasteiger partial charge in [-0.15, -0.1) is 0 Å². The summed E-state index contributed by atoms with van der Waals surface area (Å²) < 4.78 is 5.02. The molecule has 0 aliphatic carbocycles. The Morgan fingerprint density at radius 2 is 2.13 bits per heavy atom. The Labute approximate surface area is 97.9 Å². The third-order valence-corrected chi connectivity index (χ3v) is 2.83. The highest BCUT2D eigenvalue weighted by atomic mass is 35.5. The maximum Gasteiger partial charge on any atom is 0.138 e. The van der Waals surface area contributed by atoms with Crippen molar-refractivity contribution in [3.63, 3.8) is 0 Å². The highest BCUT2D eigenvalue weighted by Crippen LogP contribution is 2.31.